The van der Waals surface area contributed by atoms with E-state index in [4.69, 9.17) is 23.2 Å². The van der Waals surface area contributed by atoms with Crippen LogP contribution < -0.4 is 5.32 Å². The fourth-order valence-electron chi connectivity index (χ4n) is 2.05. The molecule has 2 rings (SSSR count). The van der Waals surface area contributed by atoms with E-state index in [0.29, 0.717) is 28.5 Å². The van der Waals surface area contributed by atoms with E-state index < -0.39 is 0 Å². The maximum Gasteiger partial charge on any atom is 0.270 e. The molecular weight excluding hydrogens is 261 g/mol. The number of likely N-dealkylation sites (N-methyl/N-ethyl adjacent to an activating group) is 1. The third-order valence-electron chi connectivity index (χ3n) is 2.96. The minimum absolute atomic E-state index is 0.0903. The van der Waals surface area contributed by atoms with Gasteiger partial charge >= 0.3 is 0 Å². The highest BCUT2D eigenvalue weighted by molar-refractivity contribution is 6.41. The van der Waals surface area contributed by atoms with Crippen molar-refractivity contribution in [3.05, 3.63) is 21.9 Å². The molecule has 2 N–H and O–H groups in total. The molecule has 0 radical (unpaired) electrons. The zero-order valence-corrected chi connectivity index (χ0v) is 11.1. The zero-order chi connectivity index (χ0) is 12.4. The normalized spacial score (nSPS) is 19.6. The molecule has 1 saturated heterocycles. The maximum atomic E-state index is 12.0. The molecule has 0 aromatic carbocycles. The summed E-state index contributed by atoms with van der Waals surface area (Å²) in [4.78, 5) is 16.5. The van der Waals surface area contributed by atoms with Gasteiger partial charge in [0.05, 0.1) is 5.02 Å². The molecule has 4 nitrogen and oxygen atoms in total. The number of aromatic amines is 1. The number of hydrogen-bond acceptors (Lipinski definition) is 2. The molecule has 2 heterocycles. The maximum absolute atomic E-state index is 12.0. The Morgan fingerprint density at radius 2 is 2.35 bits per heavy atom. The lowest BCUT2D eigenvalue weighted by atomic mass is 10.2. The Bertz CT molecular complexity index is 393. The van der Waals surface area contributed by atoms with E-state index in [0.717, 1.165) is 13.0 Å². The van der Waals surface area contributed by atoms with Crippen LogP contribution in [0.1, 0.15) is 23.3 Å². The number of rotatable bonds is 3. The van der Waals surface area contributed by atoms with E-state index in [1.54, 1.807) is 18.0 Å². The lowest BCUT2D eigenvalue weighted by Crippen LogP contribution is -2.38. The smallest absolute Gasteiger partial charge is 0.270 e. The average Bonchev–Trinajstić information content (AvgIpc) is 2.89. The summed E-state index contributed by atoms with van der Waals surface area (Å²) >= 11 is 11.6. The Kier molecular flexibility index (Phi) is 3.97. The molecule has 94 valence electrons. The number of amides is 1. The van der Waals surface area contributed by atoms with Crippen molar-refractivity contribution in [2.45, 2.75) is 18.9 Å². The molecule has 1 aromatic heterocycles. The van der Waals surface area contributed by atoms with Crippen molar-refractivity contribution < 1.29 is 4.79 Å². The van der Waals surface area contributed by atoms with Gasteiger partial charge in [-0.25, -0.2) is 0 Å². The Labute approximate surface area is 110 Å². The summed E-state index contributed by atoms with van der Waals surface area (Å²) in [6.45, 7) is 1.74. The van der Waals surface area contributed by atoms with Crippen molar-refractivity contribution in [1.29, 1.82) is 0 Å². The van der Waals surface area contributed by atoms with E-state index in [2.05, 4.69) is 10.3 Å². The number of carbonyl (C=O) groups excluding carboxylic acids is 1. The molecule has 0 saturated carbocycles. The van der Waals surface area contributed by atoms with Crippen LogP contribution in [0.5, 0.6) is 0 Å². The largest absolute Gasteiger partial charge is 0.340 e. The number of hydrogen-bond donors (Lipinski definition) is 2. The van der Waals surface area contributed by atoms with Gasteiger partial charge in [-0.2, -0.15) is 0 Å². The number of H-pyrrole nitrogens is 1. The van der Waals surface area contributed by atoms with Gasteiger partial charge in [0.1, 0.15) is 10.8 Å². The van der Waals surface area contributed by atoms with Gasteiger partial charge in [-0.3, -0.25) is 4.79 Å². The summed E-state index contributed by atoms with van der Waals surface area (Å²) in [5, 5.41) is 4.04. The first-order valence-electron chi connectivity index (χ1n) is 5.61. The Morgan fingerprint density at radius 3 is 2.88 bits per heavy atom. The molecule has 17 heavy (non-hydrogen) atoms. The highest BCUT2D eigenvalue weighted by Crippen LogP contribution is 2.22. The van der Waals surface area contributed by atoms with Crippen molar-refractivity contribution in [2.24, 2.45) is 0 Å². The van der Waals surface area contributed by atoms with Crippen LogP contribution in [0.25, 0.3) is 0 Å². The molecule has 1 aliphatic rings. The van der Waals surface area contributed by atoms with Gasteiger partial charge in [-0.15, -0.1) is 0 Å². The topological polar surface area (TPSA) is 48.1 Å². The minimum atomic E-state index is -0.0903. The third kappa shape index (κ3) is 2.94. The summed E-state index contributed by atoms with van der Waals surface area (Å²) in [5.41, 5.74) is 0.431. The Morgan fingerprint density at radius 1 is 1.59 bits per heavy atom. The van der Waals surface area contributed by atoms with Crippen molar-refractivity contribution >= 4 is 29.1 Å². The Balaban J connectivity index is 1.98. The minimum Gasteiger partial charge on any atom is -0.340 e. The fraction of sp³-hybridized carbons (Fsp3) is 0.545. The molecule has 1 aromatic rings. The number of carbonyl (C=O) groups is 1. The van der Waals surface area contributed by atoms with Crippen LogP contribution in [0, 0.1) is 0 Å². The van der Waals surface area contributed by atoms with E-state index in [-0.39, 0.29) is 5.91 Å². The number of nitrogens with zero attached hydrogens (tertiary/aromatic N) is 1. The summed E-state index contributed by atoms with van der Waals surface area (Å²) in [6.07, 6.45) is 2.29. The molecule has 1 atom stereocenters. The van der Waals surface area contributed by atoms with Crippen LogP contribution >= 0.6 is 23.2 Å². The van der Waals surface area contributed by atoms with Gasteiger partial charge in [0, 0.05) is 19.6 Å². The first-order chi connectivity index (χ1) is 8.08. The summed E-state index contributed by atoms with van der Waals surface area (Å²) in [5.74, 6) is -0.0903. The van der Waals surface area contributed by atoms with Gasteiger partial charge in [-0.1, -0.05) is 23.2 Å². The Hall–Kier alpha value is -0.710. The van der Waals surface area contributed by atoms with E-state index >= 15 is 0 Å². The lowest BCUT2D eigenvalue weighted by molar-refractivity contribution is 0.0779. The van der Waals surface area contributed by atoms with Crippen LogP contribution in [0.4, 0.5) is 0 Å². The van der Waals surface area contributed by atoms with Crippen molar-refractivity contribution in [2.75, 3.05) is 20.1 Å². The van der Waals surface area contributed by atoms with Crippen molar-refractivity contribution in [3.8, 4) is 0 Å². The van der Waals surface area contributed by atoms with Crippen LogP contribution in [-0.2, 0) is 0 Å². The fourth-order valence-corrected chi connectivity index (χ4v) is 2.36. The second kappa shape index (κ2) is 5.29. The van der Waals surface area contributed by atoms with Crippen LogP contribution in [0.2, 0.25) is 10.2 Å². The van der Waals surface area contributed by atoms with Gasteiger partial charge in [0.25, 0.3) is 5.91 Å². The van der Waals surface area contributed by atoms with Crippen LogP contribution in [0.3, 0.4) is 0 Å². The predicted octanol–water partition coefficient (Wildman–Crippen LogP) is 2.15. The summed E-state index contributed by atoms with van der Waals surface area (Å²) in [6, 6.07) is 1.95. The van der Waals surface area contributed by atoms with Crippen molar-refractivity contribution in [3.63, 3.8) is 0 Å². The van der Waals surface area contributed by atoms with E-state index in [1.807, 2.05) is 0 Å². The molecule has 0 spiro atoms. The van der Waals surface area contributed by atoms with Gasteiger partial charge in [0.2, 0.25) is 0 Å². The second-order valence-electron chi connectivity index (χ2n) is 4.32. The summed E-state index contributed by atoms with van der Waals surface area (Å²) < 4.78 is 0. The molecule has 1 amide bonds. The second-order valence-corrected chi connectivity index (χ2v) is 5.11. The molecule has 0 aliphatic carbocycles. The molecule has 1 aliphatic heterocycles. The standard InChI is InChI=1S/C11H15Cl2N3O/c1-16(6-7-3-2-4-14-7)11(17)9-5-8(12)10(13)15-9/h5,7,14-15H,2-4,6H2,1H3. The van der Waals surface area contributed by atoms with Gasteiger partial charge in [0.15, 0.2) is 0 Å². The van der Waals surface area contributed by atoms with E-state index in [1.165, 1.54) is 6.42 Å². The SMILES string of the molecule is CN(CC1CCCN1)C(=O)c1cc(Cl)c(Cl)[nH]1. The van der Waals surface area contributed by atoms with Crippen LogP contribution in [0.15, 0.2) is 6.07 Å². The lowest BCUT2D eigenvalue weighted by Gasteiger charge is -2.20. The van der Waals surface area contributed by atoms with Crippen LogP contribution in [-0.4, -0.2) is 42.0 Å². The first kappa shape index (κ1) is 12.7. The quantitative estimate of drug-likeness (QED) is 0.888. The number of halogens is 2. The summed E-state index contributed by atoms with van der Waals surface area (Å²) in [7, 11) is 1.78. The predicted molar refractivity (Wildman–Crippen MR) is 68.8 cm³/mol. The molecular formula is C11H15Cl2N3O. The highest BCUT2D eigenvalue weighted by atomic mass is 35.5. The van der Waals surface area contributed by atoms with Crippen molar-refractivity contribution in [1.82, 2.24) is 15.2 Å². The first-order valence-corrected chi connectivity index (χ1v) is 6.36. The highest BCUT2D eigenvalue weighted by Gasteiger charge is 2.21. The monoisotopic (exact) mass is 275 g/mol. The third-order valence-corrected chi connectivity index (χ3v) is 3.65. The van der Waals surface area contributed by atoms with Gasteiger partial charge in [-0.05, 0) is 25.5 Å². The van der Waals surface area contributed by atoms with E-state index in [9.17, 15) is 4.79 Å². The zero-order valence-electron chi connectivity index (χ0n) is 9.59. The van der Waals surface area contributed by atoms with Gasteiger partial charge < -0.3 is 15.2 Å². The molecule has 0 bridgehead atoms. The number of nitrogens with one attached hydrogen (secondary N) is 2. The molecule has 1 unspecified atom stereocenters. The average molecular weight is 276 g/mol. The number of aromatic nitrogens is 1. The molecule has 6 heteroatoms. The molecule has 1 fully saturated rings.